The van der Waals surface area contributed by atoms with Crippen molar-refractivity contribution in [3.63, 3.8) is 0 Å². The fourth-order valence-corrected chi connectivity index (χ4v) is 4.39. The average molecular weight is 370 g/mol. The third-order valence-corrected chi connectivity index (χ3v) is 6.54. The lowest BCUT2D eigenvalue weighted by Crippen LogP contribution is -2.32. The van der Waals surface area contributed by atoms with Crippen molar-refractivity contribution in [1.82, 2.24) is 0 Å². The molecule has 4 nitrogen and oxygen atoms in total. The van der Waals surface area contributed by atoms with Gasteiger partial charge in [0.1, 0.15) is 5.75 Å². The number of carbonyl (C=O) groups excluding carboxylic acids is 1. The number of hydrogen-bond donors (Lipinski definition) is 0. The van der Waals surface area contributed by atoms with Crippen LogP contribution in [0.25, 0.3) is 0 Å². The number of carbonyl (C=O) groups is 1. The summed E-state index contributed by atoms with van der Waals surface area (Å²) in [5.74, 6) is 0.459. The molecule has 0 N–H and O–H groups in total. The molecule has 0 saturated heterocycles. The number of benzene rings is 1. The Morgan fingerprint density at radius 1 is 1.33 bits per heavy atom. The van der Waals surface area contributed by atoms with Crippen molar-refractivity contribution in [2.24, 2.45) is 21.9 Å². The van der Waals surface area contributed by atoms with E-state index in [0.717, 1.165) is 18.6 Å². The minimum atomic E-state index is -0.544. The zero-order valence-electron chi connectivity index (χ0n) is 14.1. The number of nitrogens with zero attached hydrogens (tertiary/aromatic N) is 1. The molecular formula is C18H21Cl2NO3. The van der Waals surface area contributed by atoms with Gasteiger partial charge in [-0.15, -0.1) is 0 Å². The molecule has 0 heterocycles. The van der Waals surface area contributed by atoms with Crippen LogP contribution < -0.4 is 4.74 Å². The van der Waals surface area contributed by atoms with Crippen LogP contribution in [0.4, 0.5) is 0 Å². The highest BCUT2D eigenvalue weighted by atomic mass is 35.5. The van der Waals surface area contributed by atoms with Crippen molar-refractivity contribution >= 4 is 34.9 Å². The van der Waals surface area contributed by atoms with Crippen LogP contribution in [0.3, 0.4) is 0 Å². The van der Waals surface area contributed by atoms with Gasteiger partial charge in [-0.3, -0.25) is 0 Å². The molecule has 0 aromatic heterocycles. The van der Waals surface area contributed by atoms with Gasteiger partial charge in [-0.1, -0.05) is 49.1 Å². The van der Waals surface area contributed by atoms with E-state index in [-0.39, 0.29) is 17.4 Å². The van der Waals surface area contributed by atoms with E-state index in [1.165, 1.54) is 6.42 Å². The quantitative estimate of drug-likeness (QED) is 0.546. The molecule has 2 atom stereocenters. The summed E-state index contributed by atoms with van der Waals surface area (Å²) in [5.41, 5.74) is 1.20. The number of ether oxygens (including phenoxy) is 1. The third kappa shape index (κ3) is 2.91. The Morgan fingerprint density at radius 3 is 2.67 bits per heavy atom. The molecule has 24 heavy (non-hydrogen) atoms. The molecule has 2 aliphatic rings. The Morgan fingerprint density at radius 2 is 2.08 bits per heavy atom. The summed E-state index contributed by atoms with van der Waals surface area (Å²) in [7, 11) is 0. The predicted octanol–water partition coefficient (Wildman–Crippen LogP) is 5.12. The Bertz CT molecular complexity index is 702. The highest BCUT2D eigenvalue weighted by Crippen LogP contribution is 2.63. The molecule has 2 bridgehead atoms. The van der Waals surface area contributed by atoms with Gasteiger partial charge in [0, 0.05) is 10.4 Å². The van der Waals surface area contributed by atoms with Crippen LogP contribution in [-0.4, -0.2) is 18.3 Å². The van der Waals surface area contributed by atoms with E-state index in [0.29, 0.717) is 21.7 Å². The Kier molecular flexibility index (Phi) is 4.56. The lowest BCUT2D eigenvalue weighted by molar-refractivity contribution is -0.146. The van der Waals surface area contributed by atoms with E-state index in [4.69, 9.17) is 32.8 Å². The highest BCUT2D eigenvalue weighted by Gasteiger charge is 2.60. The van der Waals surface area contributed by atoms with Gasteiger partial charge >= 0.3 is 5.97 Å². The van der Waals surface area contributed by atoms with E-state index < -0.39 is 5.97 Å². The smallest absolute Gasteiger partial charge is 0.372 e. The fraction of sp³-hybridized carbons (Fsp3) is 0.556. The molecule has 1 aromatic carbocycles. The van der Waals surface area contributed by atoms with E-state index in [1.807, 2.05) is 0 Å². The van der Waals surface area contributed by atoms with Crippen LogP contribution in [-0.2, 0) is 9.63 Å². The first-order valence-electron chi connectivity index (χ1n) is 8.09. The zero-order valence-corrected chi connectivity index (χ0v) is 15.6. The predicted molar refractivity (Wildman–Crippen MR) is 94.7 cm³/mol. The maximum atomic E-state index is 11.9. The van der Waals surface area contributed by atoms with Crippen molar-refractivity contribution in [3.05, 3.63) is 28.2 Å². The molecule has 0 radical (unpaired) electrons. The Labute approximate surface area is 152 Å². The van der Waals surface area contributed by atoms with Gasteiger partial charge in [0.05, 0.1) is 10.7 Å². The van der Waals surface area contributed by atoms with Gasteiger partial charge in [-0.2, -0.15) is 0 Å². The summed E-state index contributed by atoms with van der Waals surface area (Å²) >= 11 is 11.8. The normalized spacial score (nSPS) is 29.0. The van der Waals surface area contributed by atoms with Crippen LogP contribution in [0, 0.1) is 16.7 Å². The van der Waals surface area contributed by atoms with Gasteiger partial charge in [0.25, 0.3) is 0 Å². The van der Waals surface area contributed by atoms with E-state index >= 15 is 0 Å². The molecule has 2 aliphatic carbocycles. The minimum Gasteiger partial charge on any atom is -0.480 e. The fourth-order valence-electron chi connectivity index (χ4n) is 3.93. The molecule has 1 aromatic rings. The number of fused-ring (bicyclic) bond motifs is 2. The molecular weight excluding hydrogens is 349 g/mol. The highest BCUT2D eigenvalue weighted by molar-refractivity contribution is 6.35. The van der Waals surface area contributed by atoms with Crippen molar-refractivity contribution in [1.29, 1.82) is 0 Å². The van der Waals surface area contributed by atoms with Crippen molar-refractivity contribution < 1.29 is 14.4 Å². The second-order valence-electron chi connectivity index (χ2n) is 7.36. The standard InChI is InChI=1S/C18H21Cl2NO3/c1-17(2)11-6-7-18(17,3)15(8-11)21-24-16(22)10-23-14-5-4-12(19)9-13(14)20/h4-5,9,11H,6-8,10H2,1-3H3/b21-15-/t11-,18+/m1/s1. The second-order valence-corrected chi connectivity index (χ2v) is 8.20. The van der Waals surface area contributed by atoms with Crippen LogP contribution in [0.2, 0.25) is 10.0 Å². The molecule has 0 aliphatic heterocycles. The molecule has 130 valence electrons. The van der Waals surface area contributed by atoms with E-state index in [9.17, 15) is 4.79 Å². The van der Waals surface area contributed by atoms with Crippen LogP contribution in [0.1, 0.15) is 40.0 Å². The van der Waals surface area contributed by atoms with Crippen LogP contribution >= 0.6 is 23.2 Å². The molecule has 0 spiro atoms. The van der Waals surface area contributed by atoms with Gasteiger partial charge in [0.2, 0.25) is 0 Å². The third-order valence-electron chi connectivity index (χ3n) is 6.01. The summed E-state index contributed by atoms with van der Waals surface area (Å²) in [6.07, 6.45) is 3.22. The molecule has 0 unspecified atom stereocenters. The van der Waals surface area contributed by atoms with Gasteiger partial charge < -0.3 is 9.57 Å². The Balaban J connectivity index is 1.58. The lowest BCUT2D eigenvalue weighted by atomic mass is 9.70. The van der Waals surface area contributed by atoms with Crippen LogP contribution in [0.5, 0.6) is 5.75 Å². The first-order valence-corrected chi connectivity index (χ1v) is 8.84. The van der Waals surface area contributed by atoms with Crippen LogP contribution in [0.15, 0.2) is 23.4 Å². The molecule has 6 heteroatoms. The summed E-state index contributed by atoms with van der Waals surface area (Å²) in [6, 6.07) is 4.82. The summed E-state index contributed by atoms with van der Waals surface area (Å²) in [4.78, 5) is 17.0. The molecule has 2 saturated carbocycles. The number of halogens is 2. The molecule has 3 rings (SSSR count). The zero-order chi connectivity index (χ0) is 17.5. The van der Waals surface area contributed by atoms with Gasteiger partial charge in [-0.05, 0) is 48.8 Å². The number of oxime groups is 1. The number of rotatable bonds is 4. The lowest BCUT2D eigenvalue weighted by Gasteiger charge is -2.34. The van der Waals surface area contributed by atoms with Gasteiger partial charge in [0.15, 0.2) is 6.61 Å². The first-order chi connectivity index (χ1) is 11.2. The van der Waals surface area contributed by atoms with Gasteiger partial charge in [-0.25, -0.2) is 4.79 Å². The topological polar surface area (TPSA) is 47.9 Å². The maximum absolute atomic E-state index is 11.9. The molecule has 0 amide bonds. The second kappa shape index (κ2) is 6.23. The number of hydrogen-bond acceptors (Lipinski definition) is 4. The summed E-state index contributed by atoms with van der Waals surface area (Å²) < 4.78 is 5.36. The molecule has 2 fully saturated rings. The minimum absolute atomic E-state index is 0.0122. The monoisotopic (exact) mass is 369 g/mol. The Hall–Kier alpha value is -1.26. The average Bonchev–Trinajstić information content (AvgIpc) is 2.85. The van der Waals surface area contributed by atoms with Crippen molar-refractivity contribution in [2.45, 2.75) is 40.0 Å². The van der Waals surface area contributed by atoms with E-state index in [2.05, 4.69) is 25.9 Å². The van der Waals surface area contributed by atoms with Crippen molar-refractivity contribution in [3.8, 4) is 5.75 Å². The van der Waals surface area contributed by atoms with E-state index in [1.54, 1.807) is 18.2 Å². The first kappa shape index (κ1) is 17.6. The maximum Gasteiger partial charge on any atom is 0.372 e. The largest absolute Gasteiger partial charge is 0.480 e. The van der Waals surface area contributed by atoms with Crippen molar-refractivity contribution in [2.75, 3.05) is 6.61 Å². The summed E-state index contributed by atoms with van der Waals surface area (Å²) in [5, 5.41) is 5.01. The SMILES string of the molecule is CC1(C)[C@@H]2CC[C@@]1(C)/C(=N\OC(=O)COc1ccc(Cl)cc1Cl)C2. The summed E-state index contributed by atoms with van der Waals surface area (Å²) in [6.45, 7) is 6.53.